The van der Waals surface area contributed by atoms with Crippen molar-refractivity contribution in [3.05, 3.63) is 29.8 Å². The van der Waals surface area contributed by atoms with Gasteiger partial charge in [0.25, 0.3) is 5.91 Å². The van der Waals surface area contributed by atoms with Crippen molar-refractivity contribution in [1.29, 1.82) is 0 Å². The smallest absolute Gasteiger partial charge is 0.251 e. The molecule has 0 unspecified atom stereocenters. The van der Waals surface area contributed by atoms with Gasteiger partial charge in [0.2, 0.25) is 10.0 Å². The Bertz CT molecular complexity index is 602. The molecule has 0 aromatic heterocycles. The highest BCUT2D eigenvalue weighted by Gasteiger charge is 2.32. The molecule has 1 aliphatic rings. The average Bonchev–Trinajstić information content (AvgIpc) is 2.93. The molecule has 1 aromatic carbocycles. The Hall–Kier alpha value is -1.40. The molecule has 21 heavy (non-hydrogen) atoms. The van der Waals surface area contributed by atoms with E-state index in [1.807, 2.05) is 0 Å². The maximum absolute atomic E-state index is 12.1. The Kier molecular flexibility index (Phi) is 4.68. The lowest BCUT2D eigenvalue weighted by atomic mass is 9.83. The summed E-state index contributed by atoms with van der Waals surface area (Å²) in [6.45, 7) is 2.84. The first-order chi connectivity index (χ1) is 9.86. The van der Waals surface area contributed by atoms with Crippen LogP contribution >= 0.6 is 0 Å². The summed E-state index contributed by atoms with van der Waals surface area (Å²) < 4.78 is 22.3. The molecule has 116 valence electrons. The summed E-state index contributed by atoms with van der Waals surface area (Å²) in [7, 11) is -3.72. The molecule has 0 aliphatic heterocycles. The second-order valence-corrected chi connectivity index (χ2v) is 7.37. The molecule has 0 heterocycles. The molecule has 0 saturated heterocycles. The Morgan fingerprint density at radius 3 is 2.29 bits per heavy atom. The first-order valence-corrected chi connectivity index (χ1v) is 8.82. The second-order valence-electron chi connectivity index (χ2n) is 5.81. The Morgan fingerprint density at radius 1 is 1.24 bits per heavy atom. The first kappa shape index (κ1) is 16.0. The summed E-state index contributed by atoms with van der Waals surface area (Å²) in [5, 5.41) is 8.00. The molecular weight excluding hydrogens is 288 g/mol. The van der Waals surface area contributed by atoms with Gasteiger partial charge in [0, 0.05) is 12.1 Å². The average molecular weight is 310 g/mol. The summed E-state index contributed by atoms with van der Waals surface area (Å²) in [6.07, 6.45) is 5.85. The van der Waals surface area contributed by atoms with E-state index in [9.17, 15) is 13.2 Å². The summed E-state index contributed by atoms with van der Waals surface area (Å²) in [5.41, 5.74) is 0.683. The Labute approximate surface area is 126 Å². The molecule has 5 nitrogen and oxygen atoms in total. The van der Waals surface area contributed by atoms with Gasteiger partial charge >= 0.3 is 0 Å². The number of carbonyl (C=O) groups is 1. The highest BCUT2D eigenvalue weighted by Crippen LogP contribution is 2.40. The molecule has 1 fully saturated rings. The molecule has 2 rings (SSSR count). The topological polar surface area (TPSA) is 89.3 Å². The van der Waals surface area contributed by atoms with Crippen molar-refractivity contribution in [2.75, 3.05) is 6.54 Å². The molecule has 1 amide bonds. The normalized spacial score (nSPS) is 17.6. The molecule has 0 bridgehead atoms. The zero-order valence-corrected chi connectivity index (χ0v) is 13.1. The van der Waals surface area contributed by atoms with Crippen molar-refractivity contribution in [3.8, 4) is 0 Å². The van der Waals surface area contributed by atoms with E-state index in [2.05, 4.69) is 12.2 Å². The predicted molar refractivity (Wildman–Crippen MR) is 81.3 cm³/mol. The van der Waals surface area contributed by atoms with Crippen LogP contribution < -0.4 is 10.5 Å². The fraction of sp³-hybridized carbons (Fsp3) is 0.533. The van der Waals surface area contributed by atoms with Crippen molar-refractivity contribution >= 4 is 15.9 Å². The number of benzene rings is 1. The minimum absolute atomic E-state index is 0.0138. The number of nitrogens with one attached hydrogen (secondary N) is 1. The maximum Gasteiger partial charge on any atom is 0.251 e. The van der Waals surface area contributed by atoms with E-state index < -0.39 is 10.0 Å². The van der Waals surface area contributed by atoms with Crippen molar-refractivity contribution in [3.63, 3.8) is 0 Å². The van der Waals surface area contributed by atoms with Crippen molar-refractivity contribution in [2.24, 2.45) is 10.6 Å². The number of nitrogens with two attached hydrogens (primary N) is 1. The summed E-state index contributed by atoms with van der Waals surface area (Å²) >= 11 is 0. The summed E-state index contributed by atoms with van der Waals surface area (Å²) in [5.74, 6) is -0.171. The van der Waals surface area contributed by atoms with Gasteiger partial charge in [-0.25, -0.2) is 13.6 Å². The van der Waals surface area contributed by atoms with Crippen LogP contribution in [-0.2, 0) is 10.0 Å². The summed E-state index contributed by atoms with van der Waals surface area (Å²) in [6, 6.07) is 5.69. The molecule has 1 aromatic rings. The number of carbonyl (C=O) groups excluding carboxylic acids is 1. The van der Waals surface area contributed by atoms with E-state index in [-0.39, 0.29) is 16.2 Å². The van der Waals surface area contributed by atoms with E-state index in [1.165, 1.54) is 37.1 Å². The lowest BCUT2D eigenvalue weighted by Gasteiger charge is -2.27. The van der Waals surface area contributed by atoms with Crippen LogP contribution in [0.3, 0.4) is 0 Å². The van der Waals surface area contributed by atoms with Gasteiger partial charge in [-0.05, 0) is 48.9 Å². The van der Waals surface area contributed by atoms with Crippen LogP contribution in [0.5, 0.6) is 0 Å². The number of amides is 1. The number of hydrogen-bond donors (Lipinski definition) is 2. The second kappa shape index (κ2) is 6.15. The van der Waals surface area contributed by atoms with Gasteiger partial charge < -0.3 is 5.32 Å². The number of rotatable bonds is 5. The summed E-state index contributed by atoms with van der Waals surface area (Å²) in [4.78, 5) is 12.1. The van der Waals surface area contributed by atoms with E-state index >= 15 is 0 Å². The lowest BCUT2D eigenvalue weighted by molar-refractivity contribution is 0.0928. The van der Waals surface area contributed by atoms with Gasteiger partial charge in [-0.1, -0.05) is 19.8 Å². The lowest BCUT2D eigenvalue weighted by Crippen LogP contribution is -2.35. The number of primary sulfonamides is 1. The minimum atomic E-state index is -3.72. The van der Waals surface area contributed by atoms with E-state index in [4.69, 9.17) is 5.14 Å². The third kappa shape index (κ3) is 3.83. The fourth-order valence-corrected chi connectivity index (χ4v) is 3.46. The molecular formula is C15H22N2O3S. The van der Waals surface area contributed by atoms with Crippen LogP contribution in [-0.4, -0.2) is 20.9 Å². The molecule has 3 N–H and O–H groups in total. The van der Waals surface area contributed by atoms with Gasteiger partial charge in [0.15, 0.2) is 0 Å². The largest absolute Gasteiger partial charge is 0.351 e. The van der Waals surface area contributed by atoms with E-state index in [0.29, 0.717) is 12.1 Å². The zero-order valence-electron chi connectivity index (χ0n) is 12.3. The highest BCUT2D eigenvalue weighted by molar-refractivity contribution is 7.89. The molecule has 0 spiro atoms. The number of hydrogen-bond acceptors (Lipinski definition) is 3. The van der Waals surface area contributed by atoms with Crippen LogP contribution in [0, 0.1) is 5.41 Å². The highest BCUT2D eigenvalue weighted by atomic mass is 32.2. The monoisotopic (exact) mass is 310 g/mol. The molecule has 0 radical (unpaired) electrons. The van der Waals surface area contributed by atoms with Gasteiger partial charge in [0.1, 0.15) is 0 Å². The minimum Gasteiger partial charge on any atom is -0.351 e. The van der Waals surface area contributed by atoms with Crippen molar-refractivity contribution in [2.45, 2.75) is 43.9 Å². The number of sulfonamides is 1. The zero-order chi connectivity index (χ0) is 15.5. The van der Waals surface area contributed by atoms with Crippen LogP contribution in [0.2, 0.25) is 0 Å². The fourth-order valence-electron chi connectivity index (χ4n) is 2.95. The maximum atomic E-state index is 12.1. The predicted octanol–water partition coefficient (Wildman–Crippen LogP) is 2.03. The Balaban J connectivity index is 2.00. The van der Waals surface area contributed by atoms with E-state index in [0.717, 1.165) is 19.3 Å². The van der Waals surface area contributed by atoms with Crippen molar-refractivity contribution in [1.82, 2.24) is 5.32 Å². The Morgan fingerprint density at radius 2 is 1.81 bits per heavy atom. The van der Waals surface area contributed by atoms with Gasteiger partial charge in [-0.2, -0.15) is 0 Å². The van der Waals surface area contributed by atoms with E-state index in [1.54, 1.807) is 0 Å². The van der Waals surface area contributed by atoms with Crippen LogP contribution in [0.4, 0.5) is 0 Å². The van der Waals surface area contributed by atoms with Crippen LogP contribution in [0.15, 0.2) is 29.2 Å². The van der Waals surface area contributed by atoms with Crippen molar-refractivity contribution < 1.29 is 13.2 Å². The van der Waals surface area contributed by atoms with Gasteiger partial charge in [0.05, 0.1) is 4.90 Å². The van der Waals surface area contributed by atoms with Crippen LogP contribution in [0.25, 0.3) is 0 Å². The molecule has 0 atom stereocenters. The quantitative estimate of drug-likeness (QED) is 0.872. The third-order valence-corrected chi connectivity index (χ3v) is 5.41. The van der Waals surface area contributed by atoms with Crippen LogP contribution in [0.1, 0.15) is 49.4 Å². The molecule has 6 heteroatoms. The van der Waals surface area contributed by atoms with Gasteiger partial charge in [-0.3, -0.25) is 4.79 Å². The standard InChI is InChI=1S/C15H22N2O3S/c1-2-15(9-3-4-10-15)11-17-14(18)12-5-7-13(8-6-12)21(16,19)20/h5-8H,2-4,9-11H2,1H3,(H,17,18)(H2,16,19,20). The molecule has 1 saturated carbocycles. The molecule has 1 aliphatic carbocycles. The SMILES string of the molecule is CCC1(CNC(=O)c2ccc(S(N)(=O)=O)cc2)CCCC1. The van der Waals surface area contributed by atoms with Gasteiger partial charge in [-0.15, -0.1) is 0 Å². The first-order valence-electron chi connectivity index (χ1n) is 7.27. The third-order valence-electron chi connectivity index (χ3n) is 4.48.